The second kappa shape index (κ2) is 19.1. The van der Waals surface area contributed by atoms with E-state index in [1.807, 2.05) is 66.7 Å². The molecule has 3 amide bonds. The Bertz CT molecular complexity index is 1580. The fourth-order valence-corrected chi connectivity index (χ4v) is 6.08. The number of fused-ring (bicyclic) bond motifs is 3. The molecule has 0 fully saturated rings. The molecule has 0 heterocycles. The SMILES string of the molecule is C=CCC[C@H](NC(=O)OCC1c2ccccc2-c2ccccc21)C(=O)O[C@@H](C)CNC(=O)[C@@H](CC=C)CC(=O)N[C@@H](CO)Cc1ccccc1. The zero-order valence-corrected chi connectivity index (χ0v) is 28.5. The molecule has 0 aliphatic heterocycles. The van der Waals surface area contributed by atoms with Crippen molar-refractivity contribution in [2.45, 2.75) is 63.1 Å². The summed E-state index contributed by atoms with van der Waals surface area (Å²) in [6.45, 7) is 8.89. The van der Waals surface area contributed by atoms with Crippen LogP contribution in [0.25, 0.3) is 11.1 Å². The van der Waals surface area contributed by atoms with Crippen LogP contribution >= 0.6 is 0 Å². The molecule has 0 bridgehead atoms. The van der Waals surface area contributed by atoms with Gasteiger partial charge >= 0.3 is 12.1 Å². The van der Waals surface area contributed by atoms with Crippen LogP contribution in [-0.4, -0.2) is 66.9 Å². The highest BCUT2D eigenvalue weighted by Crippen LogP contribution is 2.44. The molecule has 10 nitrogen and oxygen atoms in total. The third-order valence-electron chi connectivity index (χ3n) is 8.63. The van der Waals surface area contributed by atoms with Crippen LogP contribution in [0.3, 0.4) is 0 Å². The normalized spacial score (nSPS) is 14.1. The molecule has 1 aliphatic carbocycles. The second-order valence-electron chi connectivity index (χ2n) is 12.4. The van der Waals surface area contributed by atoms with Gasteiger partial charge in [-0.15, -0.1) is 13.2 Å². The largest absolute Gasteiger partial charge is 0.459 e. The molecule has 0 unspecified atom stereocenters. The molecule has 10 heteroatoms. The Hall–Kier alpha value is -5.22. The molecule has 4 atom stereocenters. The van der Waals surface area contributed by atoms with E-state index in [1.165, 1.54) is 0 Å². The van der Waals surface area contributed by atoms with Crippen molar-refractivity contribution in [3.05, 3.63) is 121 Å². The highest BCUT2D eigenvalue weighted by Gasteiger charge is 2.30. The molecular weight excluding hydrogens is 634 g/mol. The summed E-state index contributed by atoms with van der Waals surface area (Å²) in [6.07, 6.45) is 3.03. The maximum atomic E-state index is 13.1. The van der Waals surface area contributed by atoms with Crippen LogP contribution in [0.15, 0.2) is 104 Å². The monoisotopic (exact) mass is 681 g/mol. The fraction of sp³-hybridized carbons (Fsp3) is 0.350. The van der Waals surface area contributed by atoms with Crippen LogP contribution in [0, 0.1) is 5.92 Å². The lowest BCUT2D eigenvalue weighted by Gasteiger charge is -2.22. The number of carbonyl (C=O) groups excluding carboxylic acids is 4. The van der Waals surface area contributed by atoms with Crippen LogP contribution < -0.4 is 16.0 Å². The molecule has 4 N–H and O–H groups in total. The van der Waals surface area contributed by atoms with E-state index in [0.29, 0.717) is 12.8 Å². The van der Waals surface area contributed by atoms with E-state index in [9.17, 15) is 24.3 Å². The minimum absolute atomic E-state index is 0.00771. The number of benzene rings is 3. The standard InChI is InChI=1S/C40H47N3O7/c1-4-6-21-36(43-40(48)49-26-35-33-19-12-10-17-31(33)32-18-11-13-20-34(32)35)39(47)50-27(3)24-41-38(46)29(14-5-2)23-37(45)42-30(25-44)22-28-15-8-7-9-16-28/h4-5,7-13,15-20,27,29-30,35-36,44H,1-2,6,14,21-26H2,3H3,(H,41,46)(H,42,45)(H,43,48)/t27-,29-,30+,36-/m0/s1. The Morgan fingerprint density at radius 1 is 0.880 bits per heavy atom. The second-order valence-corrected chi connectivity index (χ2v) is 12.4. The van der Waals surface area contributed by atoms with E-state index < -0.39 is 42.1 Å². The van der Waals surface area contributed by atoms with Crippen molar-refractivity contribution in [2.24, 2.45) is 5.92 Å². The van der Waals surface area contributed by atoms with E-state index in [1.54, 1.807) is 19.1 Å². The summed E-state index contributed by atoms with van der Waals surface area (Å²) in [4.78, 5) is 51.9. The zero-order chi connectivity index (χ0) is 35.9. The lowest BCUT2D eigenvalue weighted by atomic mass is 9.98. The van der Waals surface area contributed by atoms with Crippen molar-refractivity contribution in [3.8, 4) is 11.1 Å². The summed E-state index contributed by atoms with van der Waals surface area (Å²) in [6, 6.07) is 24.0. The van der Waals surface area contributed by atoms with E-state index in [0.717, 1.165) is 27.8 Å². The summed E-state index contributed by atoms with van der Waals surface area (Å²) >= 11 is 0. The molecule has 50 heavy (non-hydrogen) atoms. The minimum atomic E-state index is -0.991. The van der Waals surface area contributed by atoms with Crippen molar-refractivity contribution in [2.75, 3.05) is 19.8 Å². The maximum Gasteiger partial charge on any atom is 0.407 e. The van der Waals surface area contributed by atoms with Crippen LogP contribution in [-0.2, 0) is 30.3 Å². The summed E-state index contributed by atoms with van der Waals surface area (Å²) in [5.74, 6) is -2.27. The number of aliphatic hydroxyl groups excluding tert-OH is 1. The van der Waals surface area contributed by atoms with Gasteiger partial charge in [-0.3, -0.25) is 9.59 Å². The Balaban J connectivity index is 1.26. The quantitative estimate of drug-likeness (QED) is 0.101. The van der Waals surface area contributed by atoms with Crippen LogP contribution in [0.2, 0.25) is 0 Å². The molecule has 0 saturated heterocycles. The van der Waals surface area contributed by atoms with Gasteiger partial charge in [0, 0.05) is 12.3 Å². The van der Waals surface area contributed by atoms with Crippen molar-refractivity contribution < 1.29 is 33.8 Å². The average molecular weight is 682 g/mol. The van der Waals surface area contributed by atoms with Crippen LogP contribution in [0.4, 0.5) is 4.79 Å². The Kier molecular flexibility index (Phi) is 14.4. The van der Waals surface area contributed by atoms with E-state index in [2.05, 4.69) is 41.2 Å². The molecule has 4 rings (SSSR count). The number of carbonyl (C=O) groups is 4. The topological polar surface area (TPSA) is 143 Å². The zero-order valence-electron chi connectivity index (χ0n) is 28.5. The Morgan fingerprint density at radius 2 is 1.52 bits per heavy atom. The van der Waals surface area contributed by atoms with Crippen LogP contribution in [0.5, 0.6) is 0 Å². The first-order valence-electron chi connectivity index (χ1n) is 17.0. The molecule has 3 aromatic carbocycles. The number of esters is 1. The average Bonchev–Trinajstić information content (AvgIpc) is 3.44. The smallest absolute Gasteiger partial charge is 0.407 e. The molecule has 1 aliphatic rings. The Morgan fingerprint density at radius 3 is 2.14 bits per heavy atom. The number of aliphatic hydroxyl groups is 1. The van der Waals surface area contributed by atoms with E-state index in [-0.39, 0.29) is 50.8 Å². The van der Waals surface area contributed by atoms with Crippen molar-refractivity contribution in [1.82, 2.24) is 16.0 Å². The number of nitrogens with one attached hydrogen (secondary N) is 3. The van der Waals surface area contributed by atoms with E-state index in [4.69, 9.17) is 9.47 Å². The highest BCUT2D eigenvalue weighted by molar-refractivity contribution is 5.86. The number of alkyl carbamates (subject to hydrolysis) is 1. The Labute approximate surface area is 294 Å². The molecular formula is C40H47N3O7. The van der Waals surface area contributed by atoms with Crippen molar-refractivity contribution >= 4 is 23.9 Å². The lowest BCUT2D eigenvalue weighted by Crippen LogP contribution is -2.45. The van der Waals surface area contributed by atoms with Gasteiger partial charge in [-0.2, -0.15) is 0 Å². The first-order chi connectivity index (χ1) is 24.2. The van der Waals surface area contributed by atoms with Gasteiger partial charge in [0.05, 0.1) is 25.1 Å². The first-order valence-corrected chi connectivity index (χ1v) is 17.0. The van der Waals surface area contributed by atoms with Crippen molar-refractivity contribution in [1.29, 1.82) is 0 Å². The number of allylic oxidation sites excluding steroid dienone is 2. The maximum absolute atomic E-state index is 13.1. The number of amides is 3. The molecule has 0 saturated carbocycles. The van der Waals surface area contributed by atoms with Gasteiger partial charge in [0.25, 0.3) is 0 Å². The third kappa shape index (κ3) is 10.6. The lowest BCUT2D eigenvalue weighted by molar-refractivity contribution is -0.151. The number of ether oxygens (including phenoxy) is 2. The minimum Gasteiger partial charge on any atom is -0.459 e. The van der Waals surface area contributed by atoms with Crippen molar-refractivity contribution in [3.63, 3.8) is 0 Å². The predicted octanol–water partition coefficient (Wildman–Crippen LogP) is 5.21. The number of hydrogen-bond acceptors (Lipinski definition) is 7. The molecule has 3 aromatic rings. The van der Waals surface area contributed by atoms with Gasteiger partial charge in [0.2, 0.25) is 11.8 Å². The molecule has 0 radical (unpaired) electrons. The van der Waals surface area contributed by atoms with Gasteiger partial charge in [-0.25, -0.2) is 9.59 Å². The summed E-state index contributed by atoms with van der Waals surface area (Å²) in [7, 11) is 0. The number of hydrogen-bond donors (Lipinski definition) is 4. The predicted molar refractivity (Wildman–Crippen MR) is 192 cm³/mol. The van der Waals surface area contributed by atoms with E-state index >= 15 is 0 Å². The summed E-state index contributed by atoms with van der Waals surface area (Å²) in [5.41, 5.74) is 5.34. The molecule has 264 valence electrons. The fourth-order valence-electron chi connectivity index (χ4n) is 6.08. The van der Waals surface area contributed by atoms with Crippen LogP contribution in [0.1, 0.15) is 55.2 Å². The van der Waals surface area contributed by atoms with Gasteiger partial charge < -0.3 is 30.5 Å². The molecule has 0 aromatic heterocycles. The number of rotatable bonds is 19. The van der Waals surface area contributed by atoms with Gasteiger partial charge in [0.15, 0.2) is 0 Å². The van der Waals surface area contributed by atoms with Gasteiger partial charge in [-0.1, -0.05) is 91.0 Å². The highest BCUT2D eigenvalue weighted by atomic mass is 16.6. The summed E-state index contributed by atoms with van der Waals surface area (Å²) in [5, 5.41) is 18.0. The third-order valence-corrected chi connectivity index (χ3v) is 8.63. The van der Waals surface area contributed by atoms with Gasteiger partial charge in [-0.05, 0) is 60.4 Å². The summed E-state index contributed by atoms with van der Waals surface area (Å²) < 4.78 is 11.2. The van der Waals surface area contributed by atoms with Gasteiger partial charge in [0.1, 0.15) is 18.8 Å². The molecule has 0 spiro atoms. The first kappa shape index (κ1) is 37.6.